The molecule has 0 spiro atoms. The zero-order chi connectivity index (χ0) is 28.2. The maximum Gasteiger partial charge on any atom is 0.310 e. The van der Waals surface area contributed by atoms with Gasteiger partial charge in [0.15, 0.2) is 0 Å². The Bertz CT molecular complexity index is 1950. The molecule has 3 heterocycles. The number of thiophene rings is 1. The monoisotopic (exact) mass is 571 g/mol. The molecule has 2 aromatic heterocycles. The van der Waals surface area contributed by atoms with E-state index in [1.165, 1.54) is 33.5 Å². The van der Waals surface area contributed by atoms with Crippen molar-refractivity contribution in [3.8, 4) is 22.4 Å². The van der Waals surface area contributed by atoms with Crippen molar-refractivity contribution in [2.24, 2.45) is 5.92 Å². The quantitative estimate of drug-likeness (QED) is 0.227. The van der Waals surface area contributed by atoms with Gasteiger partial charge in [-0.25, -0.2) is 21.6 Å². The summed E-state index contributed by atoms with van der Waals surface area (Å²) in [5, 5.41) is 11.8. The van der Waals surface area contributed by atoms with Gasteiger partial charge in [0.25, 0.3) is 10.0 Å². The summed E-state index contributed by atoms with van der Waals surface area (Å²) in [6, 6.07) is 19.5. The van der Waals surface area contributed by atoms with Crippen LogP contribution < -0.4 is 4.90 Å². The van der Waals surface area contributed by atoms with Gasteiger partial charge in [0.05, 0.1) is 28.6 Å². The third-order valence-corrected chi connectivity index (χ3v) is 9.71. The number of anilines is 1. The minimum Gasteiger partial charge on any atom is -0.481 e. The van der Waals surface area contributed by atoms with E-state index in [1.54, 1.807) is 47.8 Å². The van der Waals surface area contributed by atoms with Crippen molar-refractivity contribution < 1.29 is 22.7 Å². The Morgan fingerprint density at radius 2 is 1.82 bits per heavy atom. The molecule has 0 bridgehead atoms. The second-order valence-electron chi connectivity index (χ2n) is 9.71. The van der Waals surface area contributed by atoms with Crippen LogP contribution in [0.2, 0.25) is 0 Å². The highest BCUT2D eigenvalue weighted by atomic mass is 32.2. The van der Waals surface area contributed by atoms with Crippen LogP contribution in [0.1, 0.15) is 5.56 Å². The standard InChI is InChI=1S/C30H22FN3O4S2/c1-18-6-9-23(10-7-18)40(37,38)34-26-11-8-21(31)15-25(26)27(24-12-13-39-29(24)32-2)28(34)19-4-3-5-22(14-19)33-16-20(17-33)30(35)36/h3-15,20H,16-17H2,1H3,(H,35,36). The summed E-state index contributed by atoms with van der Waals surface area (Å²) in [7, 11) is -4.18. The molecule has 6 rings (SSSR count). The van der Waals surface area contributed by atoms with Crippen molar-refractivity contribution in [3.63, 3.8) is 0 Å². The first-order chi connectivity index (χ1) is 19.2. The molecule has 0 radical (unpaired) electrons. The largest absolute Gasteiger partial charge is 0.481 e. The van der Waals surface area contributed by atoms with Crippen molar-refractivity contribution in [1.29, 1.82) is 0 Å². The number of aromatic nitrogens is 1. The van der Waals surface area contributed by atoms with Crippen LogP contribution in [0.5, 0.6) is 0 Å². The molecule has 1 fully saturated rings. The minimum absolute atomic E-state index is 0.0750. The van der Waals surface area contributed by atoms with E-state index in [2.05, 4.69) is 4.85 Å². The minimum atomic E-state index is -4.18. The molecule has 1 saturated heterocycles. The molecule has 200 valence electrons. The average Bonchev–Trinajstić information content (AvgIpc) is 3.50. The van der Waals surface area contributed by atoms with Gasteiger partial charge in [0.1, 0.15) is 5.82 Å². The molecule has 40 heavy (non-hydrogen) atoms. The maximum atomic E-state index is 14.7. The highest BCUT2D eigenvalue weighted by Gasteiger charge is 2.34. The molecule has 1 N–H and O–H groups in total. The third kappa shape index (κ3) is 4.15. The molecule has 10 heteroatoms. The topological polar surface area (TPSA) is 84.0 Å². The predicted molar refractivity (Wildman–Crippen MR) is 154 cm³/mol. The van der Waals surface area contributed by atoms with Crippen LogP contribution in [0.4, 0.5) is 15.1 Å². The molecule has 0 aliphatic carbocycles. The number of benzene rings is 3. The average molecular weight is 572 g/mol. The fraction of sp³-hybridized carbons (Fsp3) is 0.133. The number of hydrogen-bond donors (Lipinski definition) is 1. The van der Waals surface area contributed by atoms with Gasteiger partial charge in [-0.05, 0) is 54.8 Å². The van der Waals surface area contributed by atoms with Gasteiger partial charge in [0.2, 0.25) is 5.00 Å². The van der Waals surface area contributed by atoms with E-state index >= 15 is 0 Å². The first kappa shape index (κ1) is 25.8. The van der Waals surface area contributed by atoms with Crippen LogP contribution in [0.15, 0.2) is 83.1 Å². The Morgan fingerprint density at radius 3 is 2.52 bits per heavy atom. The summed E-state index contributed by atoms with van der Waals surface area (Å²) >= 11 is 1.23. The first-order valence-corrected chi connectivity index (χ1v) is 14.7. The number of aryl methyl sites for hydroxylation is 1. The highest BCUT2D eigenvalue weighted by Crippen LogP contribution is 2.48. The summed E-state index contributed by atoms with van der Waals surface area (Å²) in [6.07, 6.45) is 0. The molecule has 0 atom stereocenters. The van der Waals surface area contributed by atoms with Gasteiger partial charge in [-0.15, -0.1) is 0 Å². The summed E-state index contributed by atoms with van der Waals surface area (Å²) in [5.41, 5.74) is 3.75. The fourth-order valence-electron chi connectivity index (χ4n) is 5.11. The Labute approximate surface area is 234 Å². The molecule has 5 aromatic rings. The van der Waals surface area contributed by atoms with E-state index in [4.69, 9.17) is 6.57 Å². The number of halogens is 1. The summed E-state index contributed by atoms with van der Waals surface area (Å²) < 4.78 is 44.6. The second-order valence-corrected chi connectivity index (χ2v) is 12.4. The number of nitrogens with zero attached hydrogens (tertiary/aromatic N) is 3. The SMILES string of the molecule is [C-]#[N+]c1sccc1-c1c(-c2cccc(N3CC(C(=O)O)C3)c2)n(S(=O)(=O)c2ccc(C)cc2)c2ccc(F)cc12. The van der Waals surface area contributed by atoms with Gasteiger partial charge in [-0.1, -0.05) is 35.9 Å². The second kappa shape index (κ2) is 9.62. The van der Waals surface area contributed by atoms with E-state index in [1.807, 2.05) is 24.0 Å². The van der Waals surface area contributed by atoms with E-state index in [9.17, 15) is 22.7 Å². The molecule has 0 amide bonds. The molecular weight excluding hydrogens is 549 g/mol. The van der Waals surface area contributed by atoms with E-state index in [0.29, 0.717) is 45.9 Å². The van der Waals surface area contributed by atoms with Crippen LogP contribution >= 0.6 is 11.3 Å². The predicted octanol–water partition coefficient (Wildman–Crippen LogP) is 6.79. The number of hydrogen-bond acceptors (Lipinski definition) is 5. The number of aliphatic carboxylic acids is 1. The van der Waals surface area contributed by atoms with Crippen molar-refractivity contribution >= 4 is 48.9 Å². The number of carboxylic acid groups (broad SMARTS) is 1. The number of fused-ring (bicyclic) bond motifs is 1. The van der Waals surface area contributed by atoms with Crippen LogP contribution in [0.25, 0.3) is 38.1 Å². The zero-order valence-corrected chi connectivity index (χ0v) is 22.8. The zero-order valence-electron chi connectivity index (χ0n) is 21.2. The Hall–Kier alpha value is -4.46. The lowest BCUT2D eigenvalue weighted by molar-refractivity contribution is -0.142. The molecule has 1 aliphatic rings. The van der Waals surface area contributed by atoms with Gasteiger partial charge < -0.3 is 10.0 Å². The molecule has 7 nitrogen and oxygen atoms in total. The summed E-state index contributed by atoms with van der Waals surface area (Å²) in [6.45, 7) is 10.3. The van der Waals surface area contributed by atoms with Crippen LogP contribution in [0.3, 0.4) is 0 Å². The van der Waals surface area contributed by atoms with E-state index in [0.717, 1.165) is 11.3 Å². The van der Waals surface area contributed by atoms with Crippen molar-refractivity contribution in [3.05, 3.63) is 101 Å². The highest BCUT2D eigenvalue weighted by molar-refractivity contribution is 7.90. The van der Waals surface area contributed by atoms with Crippen molar-refractivity contribution in [2.75, 3.05) is 18.0 Å². The lowest BCUT2D eigenvalue weighted by Crippen LogP contribution is -2.50. The van der Waals surface area contributed by atoms with E-state index in [-0.39, 0.29) is 10.4 Å². The van der Waals surface area contributed by atoms with Crippen LogP contribution in [0, 0.1) is 25.2 Å². The number of carboxylic acids is 1. The fourth-order valence-corrected chi connectivity index (χ4v) is 7.34. The van der Waals surface area contributed by atoms with Gasteiger partial charge in [-0.3, -0.25) is 4.79 Å². The maximum absolute atomic E-state index is 14.7. The van der Waals surface area contributed by atoms with E-state index < -0.39 is 27.7 Å². The van der Waals surface area contributed by atoms with Crippen molar-refractivity contribution in [1.82, 2.24) is 3.97 Å². The van der Waals surface area contributed by atoms with Crippen LogP contribution in [-0.2, 0) is 14.8 Å². The lowest BCUT2D eigenvalue weighted by Gasteiger charge is -2.38. The van der Waals surface area contributed by atoms with Gasteiger partial charge in [0, 0.05) is 40.9 Å². The Balaban J connectivity index is 1.68. The van der Waals surface area contributed by atoms with Gasteiger partial charge in [-0.2, -0.15) is 11.3 Å². The number of rotatable bonds is 6. The molecule has 3 aromatic carbocycles. The Morgan fingerprint density at radius 1 is 1.07 bits per heavy atom. The lowest BCUT2D eigenvalue weighted by atomic mass is 9.97. The van der Waals surface area contributed by atoms with Crippen molar-refractivity contribution in [2.45, 2.75) is 11.8 Å². The molecular formula is C30H22FN3O4S2. The third-order valence-electron chi connectivity index (χ3n) is 7.18. The molecule has 0 unspecified atom stereocenters. The molecule has 1 aliphatic heterocycles. The summed E-state index contributed by atoms with van der Waals surface area (Å²) in [5.74, 6) is -1.86. The Kier molecular flexibility index (Phi) is 6.21. The first-order valence-electron chi connectivity index (χ1n) is 12.4. The number of carbonyl (C=O) groups is 1. The summed E-state index contributed by atoms with van der Waals surface area (Å²) in [4.78, 5) is 17.0. The molecule has 0 saturated carbocycles. The normalized spacial score (nSPS) is 13.8. The smallest absolute Gasteiger partial charge is 0.310 e. The van der Waals surface area contributed by atoms with Gasteiger partial charge >= 0.3 is 5.97 Å². The van der Waals surface area contributed by atoms with Crippen LogP contribution in [-0.4, -0.2) is 36.6 Å².